The minimum atomic E-state index is -0.386. The van der Waals surface area contributed by atoms with E-state index in [1.54, 1.807) is 14.2 Å². The predicted molar refractivity (Wildman–Crippen MR) is 138 cm³/mol. The van der Waals surface area contributed by atoms with Crippen LogP contribution in [0.1, 0.15) is 40.1 Å². The molecule has 1 amide bonds. The van der Waals surface area contributed by atoms with Crippen LogP contribution >= 0.6 is 11.6 Å². The number of hydrogen-bond donors (Lipinski definition) is 1. The number of methoxy groups -OCH3 is 2. The Labute approximate surface area is 214 Å². The van der Waals surface area contributed by atoms with Crippen molar-refractivity contribution in [3.63, 3.8) is 0 Å². The van der Waals surface area contributed by atoms with Crippen molar-refractivity contribution in [2.45, 2.75) is 19.5 Å². The highest BCUT2D eigenvalue weighted by Gasteiger charge is 2.42. The minimum Gasteiger partial charge on any atom is -0.497 e. The molecule has 1 N–H and O–H groups in total. The van der Waals surface area contributed by atoms with Crippen LogP contribution in [-0.4, -0.2) is 41.8 Å². The first-order chi connectivity index (χ1) is 17.5. The zero-order valence-corrected chi connectivity index (χ0v) is 21.0. The number of nitrogens with one attached hydrogen (secondary N) is 1. The van der Waals surface area contributed by atoms with Crippen molar-refractivity contribution in [1.29, 1.82) is 0 Å². The van der Waals surface area contributed by atoms with Crippen molar-refractivity contribution in [3.8, 4) is 28.5 Å². The molecular formula is C28H26ClN3O4. The summed E-state index contributed by atoms with van der Waals surface area (Å²) in [7, 11) is 3.24. The van der Waals surface area contributed by atoms with Gasteiger partial charge in [-0.05, 0) is 66.6 Å². The van der Waals surface area contributed by atoms with E-state index in [-0.39, 0.29) is 11.9 Å². The van der Waals surface area contributed by atoms with Gasteiger partial charge in [-0.3, -0.25) is 9.89 Å². The summed E-state index contributed by atoms with van der Waals surface area (Å²) >= 11 is 6.09. The Morgan fingerprint density at radius 3 is 2.39 bits per heavy atom. The molecule has 0 saturated heterocycles. The highest BCUT2D eigenvalue weighted by atomic mass is 35.5. The quantitative estimate of drug-likeness (QED) is 0.324. The largest absolute Gasteiger partial charge is 0.497 e. The molecule has 1 aliphatic rings. The van der Waals surface area contributed by atoms with E-state index in [4.69, 9.17) is 25.8 Å². The highest BCUT2D eigenvalue weighted by molar-refractivity contribution is 6.30. The maximum atomic E-state index is 13.7. The molecule has 184 valence electrons. The summed E-state index contributed by atoms with van der Waals surface area (Å²) in [6.07, 6.45) is 0. The fourth-order valence-corrected chi connectivity index (χ4v) is 4.72. The van der Waals surface area contributed by atoms with Crippen LogP contribution in [0.25, 0.3) is 11.3 Å². The van der Waals surface area contributed by atoms with Gasteiger partial charge < -0.3 is 19.1 Å². The summed E-state index contributed by atoms with van der Waals surface area (Å²) in [5, 5.41) is 8.19. The second-order valence-corrected chi connectivity index (χ2v) is 8.83. The van der Waals surface area contributed by atoms with Crippen LogP contribution in [0.2, 0.25) is 5.02 Å². The molecular weight excluding hydrogens is 478 g/mol. The number of fused-ring (bicyclic) bond motifs is 1. The van der Waals surface area contributed by atoms with Gasteiger partial charge in [0.2, 0.25) is 0 Å². The van der Waals surface area contributed by atoms with Crippen LogP contribution in [0, 0.1) is 0 Å². The third kappa shape index (κ3) is 4.27. The number of carbonyl (C=O) groups excluding carboxylic acids is 1. The highest BCUT2D eigenvalue weighted by Crippen LogP contribution is 2.45. The van der Waals surface area contributed by atoms with Crippen molar-refractivity contribution in [2.24, 2.45) is 0 Å². The fraction of sp³-hybridized carbons (Fsp3) is 0.214. The van der Waals surface area contributed by atoms with Crippen molar-refractivity contribution in [3.05, 3.63) is 94.1 Å². The van der Waals surface area contributed by atoms with Gasteiger partial charge in [0.05, 0.1) is 32.6 Å². The maximum absolute atomic E-state index is 13.7. The van der Waals surface area contributed by atoms with Gasteiger partial charge in [0, 0.05) is 22.7 Å². The first-order valence-corrected chi connectivity index (χ1v) is 12.0. The van der Waals surface area contributed by atoms with E-state index in [0.717, 1.165) is 33.7 Å². The second kappa shape index (κ2) is 9.95. The molecule has 7 nitrogen and oxygen atoms in total. The van der Waals surface area contributed by atoms with Crippen LogP contribution in [0.3, 0.4) is 0 Å². The summed E-state index contributed by atoms with van der Waals surface area (Å²) in [6, 6.07) is 20.6. The third-order valence-electron chi connectivity index (χ3n) is 6.30. The Bertz CT molecular complexity index is 1380. The topological polar surface area (TPSA) is 76.7 Å². The molecule has 0 aliphatic carbocycles. The van der Waals surface area contributed by atoms with Gasteiger partial charge in [0.25, 0.3) is 5.91 Å². The number of benzene rings is 3. The van der Waals surface area contributed by atoms with E-state index in [0.29, 0.717) is 35.4 Å². The van der Waals surface area contributed by atoms with Crippen LogP contribution in [-0.2, 0) is 6.54 Å². The van der Waals surface area contributed by atoms with Gasteiger partial charge in [-0.2, -0.15) is 5.10 Å². The monoisotopic (exact) mass is 503 g/mol. The molecule has 0 radical (unpaired) electrons. The van der Waals surface area contributed by atoms with E-state index in [2.05, 4.69) is 10.2 Å². The number of H-pyrrole nitrogens is 1. The van der Waals surface area contributed by atoms with E-state index in [1.165, 1.54) is 0 Å². The summed E-state index contributed by atoms with van der Waals surface area (Å²) in [5.74, 6) is 1.89. The summed E-state index contributed by atoms with van der Waals surface area (Å²) in [6.45, 7) is 2.85. The second-order valence-electron chi connectivity index (χ2n) is 8.39. The number of aromatic nitrogens is 2. The molecule has 0 fully saturated rings. The molecule has 5 rings (SSSR count). The molecule has 36 heavy (non-hydrogen) atoms. The molecule has 1 atom stereocenters. The minimum absolute atomic E-state index is 0.120. The molecule has 0 spiro atoms. The average molecular weight is 504 g/mol. The molecule has 2 heterocycles. The Hall–Kier alpha value is -3.97. The van der Waals surface area contributed by atoms with Crippen molar-refractivity contribution >= 4 is 17.5 Å². The molecule has 3 aromatic carbocycles. The van der Waals surface area contributed by atoms with Gasteiger partial charge in [-0.25, -0.2) is 0 Å². The lowest BCUT2D eigenvalue weighted by Crippen LogP contribution is -2.29. The number of amides is 1. The maximum Gasteiger partial charge on any atom is 0.273 e. The van der Waals surface area contributed by atoms with Crippen molar-refractivity contribution < 1.29 is 19.0 Å². The summed E-state index contributed by atoms with van der Waals surface area (Å²) in [4.78, 5) is 15.5. The lowest BCUT2D eigenvalue weighted by Gasteiger charge is -2.27. The van der Waals surface area contributed by atoms with Gasteiger partial charge in [-0.15, -0.1) is 0 Å². The summed E-state index contributed by atoms with van der Waals surface area (Å²) in [5.41, 5.74) is 4.78. The smallest absolute Gasteiger partial charge is 0.273 e. The lowest BCUT2D eigenvalue weighted by molar-refractivity contribution is 0.0730. The zero-order valence-electron chi connectivity index (χ0n) is 20.2. The first kappa shape index (κ1) is 23.8. The first-order valence-electron chi connectivity index (χ1n) is 11.6. The number of aromatic amines is 1. The Kier molecular flexibility index (Phi) is 6.57. The van der Waals surface area contributed by atoms with E-state index >= 15 is 0 Å². The Morgan fingerprint density at radius 2 is 1.72 bits per heavy atom. The van der Waals surface area contributed by atoms with Gasteiger partial charge in [0.15, 0.2) is 11.5 Å². The molecule has 1 aromatic heterocycles. The summed E-state index contributed by atoms with van der Waals surface area (Å²) < 4.78 is 16.7. The van der Waals surface area contributed by atoms with E-state index in [1.807, 2.05) is 78.6 Å². The van der Waals surface area contributed by atoms with Crippen molar-refractivity contribution in [1.82, 2.24) is 15.1 Å². The van der Waals surface area contributed by atoms with Gasteiger partial charge >= 0.3 is 0 Å². The van der Waals surface area contributed by atoms with E-state index < -0.39 is 0 Å². The molecule has 8 heteroatoms. The number of hydrogen-bond acceptors (Lipinski definition) is 5. The predicted octanol–water partition coefficient (Wildman–Crippen LogP) is 5.89. The fourth-order valence-electron chi connectivity index (χ4n) is 4.59. The standard InChI is InChI=1S/C28H26ClN3O4/c1-4-36-22-14-9-19(15-23(22)35-3)27-24-25(18-7-12-21(34-2)13-8-18)30-31-26(24)28(33)32(27)16-17-5-10-20(29)11-6-17/h5-15,27H,4,16H2,1-3H3,(H,30,31). The molecule has 0 saturated carbocycles. The molecule has 1 unspecified atom stereocenters. The van der Waals surface area contributed by atoms with Crippen LogP contribution in [0.4, 0.5) is 0 Å². The normalized spacial score (nSPS) is 14.6. The number of ether oxygens (including phenoxy) is 3. The molecule has 1 aliphatic heterocycles. The zero-order chi connectivity index (χ0) is 25.2. The van der Waals surface area contributed by atoms with Crippen LogP contribution in [0.15, 0.2) is 66.7 Å². The van der Waals surface area contributed by atoms with Crippen LogP contribution < -0.4 is 14.2 Å². The molecule has 0 bridgehead atoms. The van der Waals surface area contributed by atoms with Crippen molar-refractivity contribution in [2.75, 3.05) is 20.8 Å². The Balaban J connectivity index is 1.63. The number of carbonyl (C=O) groups is 1. The van der Waals surface area contributed by atoms with Gasteiger partial charge in [0.1, 0.15) is 11.4 Å². The number of rotatable bonds is 8. The average Bonchev–Trinajstić information content (AvgIpc) is 3.45. The Morgan fingerprint density at radius 1 is 0.972 bits per heavy atom. The lowest BCUT2D eigenvalue weighted by atomic mass is 9.95. The van der Waals surface area contributed by atoms with E-state index in [9.17, 15) is 4.79 Å². The van der Waals surface area contributed by atoms with Gasteiger partial charge in [-0.1, -0.05) is 29.8 Å². The third-order valence-corrected chi connectivity index (χ3v) is 6.55. The SMILES string of the molecule is CCOc1ccc(C2c3c(-c4ccc(OC)cc4)n[nH]c3C(=O)N2Cc2ccc(Cl)cc2)cc1OC. The number of nitrogens with zero attached hydrogens (tertiary/aromatic N) is 2. The molecule has 4 aromatic rings. The van der Waals surface area contributed by atoms with Crippen LogP contribution in [0.5, 0.6) is 17.2 Å². The number of halogens is 1.